The molecular formula is C17H16Br3F. The lowest BCUT2D eigenvalue weighted by molar-refractivity contribution is 0.545. The number of benzene rings is 2. The van der Waals surface area contributed by atoms with E-state index in [1.54, 1.807) is 0 Å². The molecule has 0 atom stereocenters. The lowest BCUT2D eigenvalue weighted by Gasteiger charge is -2.32. The highest BCUT2D eigenvalue weighted by atomic mass is 79.9. The Morgan fingerprint density at radius 2 is 1.71 bits per heavy atom. The van der Waals surface area contributed by atoms with Gasteiger partial charge in [-0.2, -0.15) is 0 Å². The van der Waals surface area contributed by atoms with E-state index in [0.717, 1.165) is 27.1 Å². The molecule has 0 saturated carbocycles. The van der Waals surface area contributed by atoms with Crippen molar-refractivity contribution in [1.29, 1.82) is 0 Å². The summed E-state index contributed by atoms with van der Waals surface area (Å²) in [5, 5.41) is 1.67. The molecule has 0 N–H and O–H groups in total. The minimum Gasteiger partial charge on any atom is -0.207 e. The van der Waals surface area contributed by atoms with Crippen molar-refractivity contribution in [3.8, 4) is 0 Å². The topological polar surface area (TPSA) is 0 Å². The lowest BCUT2D eigenvalue weighted by Crippen LogP contribution is -2.34. The maximum absolute atomic E-state index is 13.3. The van der Waals surface area contributed by atoms with Crippen LogP contribution in [0.3, 0.4) is 0 Å². The first-order valence-electron chi connectivity index (χ1n) is 6.64. The molecule has 0 bridgehead atoms. The van der Waals surface area contributed by atoms with E-state index in [1.807, 2.05) is 6.07 Å². The summed E-state index contributed by atoms with van der Waals surface area (Å²) in [5.41, 5.74) is 3.63. The first-order valence-corrected chi connectivity index (χ1v) is 9.68. The summed E-state index contributed by atoms with van der Waals surface area (Å²) in [6.45, 7) is 2.13. The Morgan fingerprint density at radius 3 is 2.29 bits per heavy atom. The maximum atomic E-state index is 13.3. The molecule has 0 heterocycles. The molecule has 0 spiro atoms. The first-order chi connectivity index (χ1) is 10.0. The molecule has 2 rings (SSSR count). The molecule has 112 valence electrons. The minimum absolute atomic E-state index is 0.0638. The Labute approximate surface area is 150 Å². The third-order valence-corrected chi connectivity index (χ3v) is 6.66. The van der Waals surface area contributed by atoms with E-state index in [-0.39, 0.29) is 11.2 Å². The molecule has 0 aromatic heterocycles. The van der Waals surface area contributed by atoms with Gasteiger partial charge >= 0.3 is 0 Å². The Kier molecular flexibility index (Phi) is 6.04. The van der Waals surface area contributed by atoms with Gasteiger partial charge < -0.3 is 0 Å². The highest BCUT2D eigenvalue weighted by Gasteiger charge is 2.32. The monoisotopic (exact) mass is 476 g/mol. The van der Waals surface area contributed by atoms with Crippen LogP contribution < -0.4 is 0 Å². The number of rotatable bonds is 5. The Morgan fingerprint density at radius 1 is 1.05 bits per heavy atom. The van der Waals surface area contributed by atoms with Crippen LogP contribution in [0.5, 0.6) is 0 Å². The SMILES string of the molecule is Cc1ccccc1C(CBr)(CBr)Cc1ccc(F)cc1Br. The fourth-order valence-corrected chi connectivity index (χ4v) is 4.99. The van der Waals surface area contributed by atoms with Crippen LogP contribution >= 0.6 is 47.8 Å². The molecular weight excluding hydrogens is 463 g/mol. The molecule has 0 aliphatic rings. The van der Waals surface area contributed by atoms with Crippen LogP contribution in [0, 0.1) is 12.7 Å². The number of halogens is 4. The van der Waals surface area contributed by atoms with Crippen molar-refractivity contribution in [3.05, 3.63) is 69.4 Å². The maximum Gasteiger partial charge on any atom is 0.124 e. The standard InChI is InChI=1S/C17H16Br3F/c1-12-4-2-3-5-15(12)17(10-18,11-19)9-13-6-7-14(21)8-16(13)20/h2-8H,9-11H2,1H3. The molecule has 0 fully saturated rings. The van der Waals surface area contributed by atoms with Crippen LogP contribution in [-0.2, 0) is 11.8 Å². The summed E-state index contributed by atoms with van der Waals surface area (Å²) in [5.74, 6) is -0.218. The second-order valence-electron chi connectivity index (χ2n) is 5.28. The van der Waals surface area contributed by atoms with Crippen molar-refractivity contribution >= 4 is 47.8 Å². The van der Waals surface area contributed by atoms with Gasteiger partial charge in [-0.25, -0.2) is 4.39 Å². The predicted octanol–water partition coefficient (Wildman–Crippen LogP) is 6.17. The van der Waals surface area contributed by atoms with Gasteiger partial charge in [-0.05, 0) is 42.2 Å². The van der Waals surface area contributed by atoms with Crippen LogP contribution in [0.25, 0.3) is 0 Å². The molecule has 0 unspecified atom stereocenters. The van der Waals surface area contributed by atoms with Gasteiger partial charge in [-0.3, -0.25) is 0 Å². The first kappa shape index (κ1) is 17.2. The van der Waals surface area contributed by atoms with Crippen LogP contribution in [-0.4, -0.2) is 10.7 Å². The Bertz CT molecular complexity index is 621. The molecule has 0 radical (unpaired) electrons. The third kappa shape index (κ3) is 3.77. The van der Waals surface area contributed by atoms with Crippen molar-refractivity contribution in [1.82, 2.24) is 0 Å². The van der Waals surface area contributed by atoms with E-state index in [9.17, 15) is 4.39 Å². The zero-order chi connectivity index (χ0) is 15.5. The number of hydrogen-bond acceptors (Lipinski definition) is 0. The van der Waals surface area contributed by atoms with Crippen molar-refractivity contribution in [2.24, 2.45) is 0 Å². The molecule has 2 aromatic carbocycles. The third-order valence-electron chi connectivity index (χ3n) is 3.77. The molecule has 21 heavy (non-hydrogen) atoms. The normalized spacial score (nSPS) is 11.7. The van der Waals surface area contributed by atoms with E-state index in [2.05, 4.69) is 79.0 Å². The molecule has 4 heteroatoms. The van der Waals surface area contributed by atoms with E-state index in [1.165, 1.54) is 23.3 Å². The second-order valence-corrected chi connectivity index (χ2v) is 7.25. The number of hydrogen-bond donors (Lipinski definition) is 0. The molecule has 2 aromatic rings. The van der Waals surface area contributed by atoms with Gasteiger partial charge in [0.15, 0.2) is 0 Å². The molecule has 0 nitrogen and oxygen atoms in total. The quantitative estimate of drug-likeness (QED) is 0.451. The van der Waals surface area contributed by atoms with Crippen LogP contribution in [0.2, 0.25) is 0 Å². The Hall–Kier alpha value is -0.190. The lowest BCUT2D eigenvalue weighted by atomic mass is 9.77. The van der Waals surface area contributed by atoms with Crippen LogP contribution in [0.4, 0.5) is 4.39 Å². The van der Waals surface area contributed by atoms with Gasteiger partial charge in [0.25, 0.3) is 0 Å². The average Bonchev–Trinajstić information content (AvgIpc) is 2.48. The van der Waals surface area contributed by atoms with Gasteiger partial charge in [-0.1, -0.05) is 78.1 Å². The largest absolute Gasteiger partial charge is 0.207 e. The molecule has 0 aliphatic carbocycles. The summed E-state index contributed by atoms with van der Waals surface area (Å²) in [6.07, 6.45) is 0.829. The number of aryl methyl sites for hydroxylation is 1. The zero-order valence-corrected chi connectivity index (χ0v) is 16.4. The summed E-state index contributed by atoms with van der Waals surface area (Å²) >= 11 is 10.8. The summed E-state index contributed by atoms with van der Waals surface area (Å²) in [6, 6.07) is 13.3. The van der Waals surface area contributed by atoms with Crippen molar-refractivity contribution in [2.75, 3.05) is 10.7 Å². The zero-order valence-electron chi connectivity index (χ0n) is 11.7. The van der Waals surface area contributed by atoms with Gasteiger partial charge in [0, 0.05) is 20.5 Å². The summed E-state index contributed by atoms with van der Waals surface area (Å²) < 4.78 is 14.1. The Balaban J connectivity index is 2.46. The fraction of sp³-hybridized carbons (Fsp3) is 0.294. The highest BCUT2D eigenvalue weighted by molar-refractivity contribution is 9.10. The molecule has 0 saturated heterocycles. The fourth-order valence-electron chi connectivity index (χ4n) is 2.57. The smallest absolute Gasteiger partial charge is 0.124 e. The van der Waals surface area contributed by atoms with Crippen molar-refractivity contribution in [2.45, 2.75) is 18.8 Å². The van der Waals surface area contributed by atoms with Crippen molar-refractivity contribution < 1.29 is 4.39 Å². The van der Waals surface area contributed by atoms with Crippen LogP contribution in [0.1, 0.15) is 16.7 Å². The minimum atomic E-state index is -0.218. The van der Waals surface area contributed by atoms with Gasteiger partial charge in [0.2, 0.25) is 0 Å². The van der Waals surface area contributed by atoms with Gasteiger partial charge in [0.1, 0.15) is 5.82 Å². The summed E-state index contributed by atoms with van der Waals surface area (Å²) in [4.78, 5) is 0. The van der Waals surface area contributed by atoms with E-state index in [0.29, 0.717) is 0 Å². The second kappa shape index (κ2) is 7.38. The average molecular weight is 479 g/mol. The number of alkyl halides is 2. The molecule has 0 amide bonds. The van der Waals surface area contributed by atoms with Crippen molar-refractivity contribution in [3.63, 3.8) is 0 Å². The predicted molar refractivity (Wildman–Crippen MR) is 98.2 cm³/mol. The van der Waals surface area contributed by atoms with E-state index >= 15 is 0 Å². The van der Waals surface area contributed by atoms with Gasteiger partial charge in [-0.15, -0.1) is 0 Å². The van der Waals surface area contributed by atoms with E-state index in [4.69, 9.17) is 0 Å². The highest BCUT2D eigenvalue weighted by Crippen LogP contribution is 2.36. The van der Waals surface area contributed by atoms with Gasteiger partial charge in [0.05, 0.1) is 0 Å². The summed E-state index contributed by atoms with van der Waals surface area (Å²) in [7, 11) is 0. The molecule has 0 aliphatic heterocycles. The van der Waals surface area contributed by atoms with E-state index < -0.39 is 0 Å². The van der Waals surface area contributed by atoms with Crippen LogP contribution in [0.15, 0.2) is 46.9 Å².